The van der Waals surface area contributed by atoms with Crippen LogP contribution in [0.1, 0.15) is 5.56 Å². The Hall–Kier alpha value is -3.76. The predicted molar refractivity (Wildman–Crippen MR) is 109 cm³/mol. The van der Waals surface area contributed by atoms with Gasteiger partial charge >= 0.3 is 0 Å². The summed E-state index contributed by atoms with van der Waals surface area (Å²) in [6.07, 6.45) is 1.38. The standard InChI is InChI=1S/C21H14N4O2S/c22-11-15-8-4-5-9-17(15)24-19(26)12-25-13-23-20-16(21(25)27)10-18(28-20)14-6-2-1-3-7-14/h1-10,13H,12H2,(H,24,26). The van der Waals surface area contributed by atoms with E-state index < -0.39 is 5.91 Å². The molecule has 136 valence electrons. The lowest BCUT2D eigenvalue weighted by Crippen LogP contribution is -2.27. The second kappa shape index (κ2) is 7.47. The van der Waals surface area contributed by atoms with E-state index in [1.165, 1.54) is 22.2 Å². The average molecular weight is 386 g/mol. The molecular formula is C21H14N4O2S. The molecule has 0 bridgehead atoms. The number of carbonyl (C=O) groups excluding carboxylic acids is 1. The van der Waals surface area contributed by atoms with Crippen LogP contribution >= 0.6 is 11.3 Å². The zero-order chi connectivity index (χ0) is 19.5. The fraction of sp³-hybridized carbons (Fsp3) is 0.0476. The summed E-state index contributed by atoms with van der Waals surface area (Å²) >= 11 is 1.44. The van der Waals surface area contributed by atoms with E-state index in [1.807, 2.05) is 42.5 Å². The van der Waals surface area contributed by atoms with Gasteiger partial charge in [-0.1, -0.05) is 42.5 Å². The number of rotatable bonds is 4. The Kier molecular flexibility index (Phi) is 4.70. The molecule has 0 atom stereocenters. The number of para-hydroxylation sites is 1. The van der Waals surface area contributed by atoms with Gasteiger partial charge in [-0.3, -0.25) is 14.2 Å². The molecular weight excluding hydrogens is 372 g/mol. The minimum absolute atomic E-state index is 0.182. The van der Waals surface area contributed by atoms with E-state index in [2.05, 4.69) is 10.3 Å². The van der Waals surface area contributed by atoms with E-state index >= 15 is 0 Å². The molecule has 0 radical (unpaired) electrons. The van der Waals surface area contributed by atoms with Crippen molar-refractivity contribution < 1.29 is 4.79 Å². The van der Waals surface area contributed by atoms with Gasteiger partial charge < -0.3 is 5.32 Å². The van der Waals surface area contributed by atoms with Crippen LogP contribution in [0, 0.1) is 11.3 Å². The Morgan fingerprint density at radius 3 is 2.68 bits per heavy atom. The topological polar surface area (TPSA) is 87.8 Å². The summed E-state index contributed by atoms with van der Waals surface area (Å²) < 4.78 is 1.27. The van der Waals surface area contributed by atoms with Crippen molar-refractivity contribution >= 4 is 33.1 Å². The van der Waals surface area contributed by atoms with Crippen molar-refractivity contribution in [3.05, 3.63) is 82.9 Å². The number of benzene rings is 2. The number of nitrogens with zero attached hydrogens (tertiary/aromatic N) is 3. The maximum absolute atomic E-state index is 12.8. The van der Waals surface area contributed by atoms with Crippen molar-refractivity contribution in [2.75, 3.05) is 5.32 Å². The zero-order valence-corrected chi connectivity index (χ0v) is 15.4. The molecule has 0 aliphatic heterocycles. The molecule has 0 spiro atoms. The summed E-state index contributed by atoms with van der Waals surface area (Å²) in [5.41, 5.74) is 1.52. The zero-order valence-electron chi connectivity index (χ0n) is 14.6. The van der Waals surface area contributed by atoms with Crippen LogP contribution in [-0.4, -0.2) is 15.5 Å². The van der Waals surface area contributed by atoms with Gasteiger partial charge in [-0.15, -0.1) is 11.3 Å². The number of nitriles is 1. The number of thiophene rings is 1. The van der Waals surface area contributed by atoms with Crippen molar-refractivity contribution in [1.82, 2.24) is 9.55 Å². The molecule has 7 heteroatoms. The third kappa shape index (κ3) is 3.41. The van der Waals surface area contributed by atoms with Crippen molar-refractivity contribution in [3.63, 3.8) is 0 Å². The van der Waals surface area contributed by atoms with Gasteiger partial charge in [0.1, 0.15) is 17.4 Å². The second-order valence-corrected chi connectivity index (χ2v) is 7.11. The van der Waals surface area contributed by atoms with Gasteiger partial charge in [0, 0.05) is 4.88 Å². The molecule has 0 aliphatic rings. The molecule has 0 aliphatic carbocycles. The van der Waals surface area contributed by atoms with Crippen LogP contribution in [-0.2, 0) is 11.3 Å². The van der Waals surface area contributed by atoms with Gasteiger partial charge in [0.2, 0.25) is 5.91 Å². The van der Waals surface area contributed by atoms with Crippen LogP contribution in [0.15, 0.2) is 71.8 Å². The largest absolute Gasteiger partial charge is 0.323 e. The van der Waals surface area contributed by atoms with Crippen molar-refractivity contribution in [1.29, 1.82) is 5.26 Å². The molecule has 1 amide bonds. The highest BCUT2D eigenvalue weighted by Crippen LogP contribution is 2.30. The highest BCUT2D eigenvalue weighted by molar-refractivity contribution is 7.21. The molecule has 2 aromatic heterocycles. The minimum atomic E-state index is -0.399. The van der Waals surface area contributed by atoms with E-state index in [-0.39, 0.29) is 12.1 Å². The van der Waals surface area contributed by atoms with Crippen molar-refractivity contribution in [3.8, 4) is 16.5 Å². The highest BCUT2D eigenvalue weighted by Gasteiger charge is 2.13. The van der Waals surface area contributed by atoms with E-state index in [4.69, 9.17) is 5.26 Å². The summed E-state index contributed by atoms with van der Waals surface area (Å²) in [6.45, 7) is -0.182. The Bertz CT molecular complexity index is 1270. The molecule has 2 heterocycles. The van der Waals surface area contributed by atoms with Crippen LogP contribution in [0.4, 0.5) is 5.69 Å². The lowest BCUT2D eigenvalue weighted by atomic mass is 10.2. The summed E-state index contributed by atoms with van der Waals surface area (Å²) in [4.78, 5) is 31.1. The van der Waals surface area contributed by atoms with Gasteiger partial charge in [-0.05, 0) is 23.8 Å². The van der Waals surface area contributed by atoms with Gasteiger partial charge in [0.25, 0.3) is 5.56 Å². The van der Waals surface area contributed by atoms with Gasteiger partial charge in [0.15, 0.2) is 0 Å². The van der Waals surface area contributed by atoms with E-state index in [1.54, 1.807) is 24.3 Å². The van der Waals surface area contributed by atoms with Gasteiger partial charge in [0.05, 0.1) is 23.0 Å². The van der Waals surface area contributed by atoms with Crippen LogP contribution in [0.25, 0.3) is 20.7 Å². The van der Waals surface area contributed by atoms with E-state index in [9.17, 15) is 9.59 Å². The van der Waals surface area contributed by atoms with Crippen LogP contribution < -0.4 is 10.9 Å². The first-order chi connectivity index (χ1) is 13.7. The third-order valence-corrected chi connectivity index (χ3v) is 5.30. The highest BCUT2D eigenvalue weighted by atomic mass is 32.1. The SMILES string of the molecule is N#Cc1ccccc1NC(=O)Cn1cnc2sc(-c3ccccc3)cc2c1=O. The molecule has 4 rings (SSSR count). The maximum Gasteiger partial charge on any atom is 0.262 e. The Morgan fingerprint density at radius 1 is 1.14 bits per heavy atom. The lowest BCUT2D eigenvalue weighted by Gasteiger charge is -2.08. The van der Waals surface area contributed by atoms with Crippen molar-refractivity contribution in [2.45, 2.75) is 6.54 Å². The average Bonchev–Trinajstić information content (AvgIpc) is 3.16. The first kappa shape index (κ1) is 17.6. The molecule has 2 aromatic carbocycles. The Labute approximate surface area is 164 Å². The lowest BCUT2D eigenvalue weighted by molar-refractivity contribution is -0.116. The van der Waals surface area contributed by atoms with Crippen LogP contribution in [0.5, 0.6) is 0 Å². The number of amides is 1. The van der Waals surface area contributed by atoms with Crippen LogP contribution in [0.3, 0.4) is 0 Å². The fourth-order valence-corrected chi connectivity index (χ4v) is 3.85. The van der Waals surface area contributed by atoms with Gasteiger partial charge in [-0.2, -0.15) is 5.26 Å². The Morgan fingerprint density at radius 2 is 1.89 bits per heavy atom. The van der Waals surface area contributed by atoms with E-state index in [0.29, 0.717) is 21.5 Å². The quantitative estimate of drug-likeness (QED) is 0.580. The molecule has 0 fully saturated rings. The summed E-state index contributed by atoms with van der Waals surface area (Å²) in [6, 6.07) is 20.3. The predicted octanol–water partition coefficient (Wildman–Crippen LogP) is 3.64. The second-order valence-electron chi connectivity index (χ2n) is 6.08. The smallest absolute Gasteiger partial charge is 0.262 e. The number of hydrogen-bond acceptors (Lipinski definition) is 5. The monoisotopic (exact) mass is 386 g/mol. The molecule has 0 unspecified atom stereocenters. The molecule has 1 N–H and O–H groups in total. The number of carbonyl (C=O) groups is 1. The Balaban J connectivity index is 1.61. The van der Waals surface area contributed by atoms with E-state index in [0.717, 1.165) is 10.4 Å². The molecule has 28 heavy (non-hydrogen) atoms. The summed E-state index contributed by atoms with van der Waals surface area (Å²) in [5.74, 6) is -0.399. The normalized spacial score (nSPS) is 10.5. The molecule has 4 aromatic rings. The molecule has 0 saturated carbocycles. The number of aromatic nitrogens is 2. The number of hydrogen-bond donors (Lipinski definition) is 1. The first-order valence-electron chi connectivity index (χ1n) is 8.49. The first-order valence-corrected chi connectivity index (χ1v) is 9.31. The number of nitrogens with one attached hydrogen (secondary N) is 1. The third-order valence-electron chi connectivity index (χ3n) is 4.21. The van der Waals surface area contributed by atoms with Crippen LogP contribution in [0.2, 0.25) is 0 Å². The number of fused-ring (bicyclic) bond motifs is 1. The molecule has 0 saturated heterocycles. The molecule has 6 nitrogen and oxygen atoms in total. The number of anilines is 1. The fourth-order valence-electron chi connectivity index (χ4n) is 2.85. The van der Waals surface area contributed by atoms with Crippen molar-refractivity contribution in [2.24, 2.45) is 0 Å². The minimum Gasteiger partial charge on any atom is -0.323 e. The summed E-state index contributed by atoms with van der Waals surface area (Å²) in [5, 5.41) is 12.3. The maximum atomic E-state index is 12.8. The summed E-state index contributed by atoms with van der Waals surface area (Å²) in [7, 11) is 0. The van der Waals surface area contributed by atoms with Gasteiger partial charge in [-0.25, -0.2) is 4.98 Å².